The molecule has 0 aromatic carbocycles. The molecule has 1 atom stereocenters. The third kappa shape index (κ3) is 5.31. The Morgan fingerprint density at radius 2 is 2.33 bits per heavy atom. The summed E-state index contributed by atoms with van der Waals surface area (Å²) in [7, 11) is 0. The molecule has 0 saturated heterocycles. The second kappa shape index (κ2) is 4.64. The zero-order valence-corrected chi connectivity index (χ0v) is 7.81. The Hall–Kier alpha value is 0.860. The van der Waals surface area contributed by atoms with Gasteiger partial charge in [-0.1, -0.05) is 11.8 Å². The molecule has 9 heavy (non-hydrogen) atoms. The van der Waals surface area contributed by atoms with Gasteiger partial charge < -0.3 is 5.73 Å². The van der Waals surface area contributed by atoms with Gasteiger partial charge in [0.05, 0.1) is 18.1 Å². The van der Waals surface area contributed by atoms with Crippen molar-refractivity contribution in [3.8, 4) is 0 Å². The summed E-state index contributed by atoms with van der Waals surface area (Å²) >= 11 is 10.1. The van der Waals surface area contributed by atoms with Crippen molar-refractivity contribution in [2.45, 2.75) is 6.42 Å². The minimum absolute atomic E-state index is 0.659. The standard InChI is InChI=1S/C4H11ClNOPS/c1-8(9,7-5)4-2-3-6/h2-4,6H2,1H3. The highest BCUT2D eigenvalue weighted by Crippen LogP contribution is 2.44. The molecule has 0 heterocycles. The summed E-state index contributed by atoms with van der Waals surface area (Å²) in [6, 6.07) is 0. The lowest BCUT2D eigenvalue weighted by Gasteiger charge is -2.09. The van der Waals surface area contributed by atoms with E-state index in [2.05, 4.69) is 4.08 Å². The van der Waals surface area contributed by atoms with Crippen molar-refractivity contribution in [2.24, 2.45) is 5.73 Å². The Labute approximate surface area is 66.0 Å². The van der Waals surface area contributed by atoms with E-state index >= 15 is 0 Å². The van der Waals surface area contributed by atoms with Crippen molar-refractivity contribution < 1.29 is 4.08 Å². The van der Waals surface area contributed by atoms with E-state index in [9.17, 15) is 0 Å². The molecule has 0 fully saturated rings. The second-order valence-corrected chi connectivity index (χ2v) is 7.29. The van der Waals surface area contributed by atoms with Crippen LogP contribution in [0.4, 0.5) is 0 Å². The van der Waals surface area contributed by atoms with Gasteiger partial charge in [0.15, 0.2) is 0 Å². The highest BCUT2D eigenvalue weighted by atomic mass is 35.5. The molecule has 0 amide bonds. The van der Waals surface area contributed by atoms with Crippen LogP contribution in [0.5, 0.6) is 0 Å². The van der Waals surface area contributed by atoms with E-state index in [-0.39, 0.29) is 0 Å². The summed E-state index contributed by atoms with van der Waals surface area (Å²) in [4.78, 5) is 0. The molecule has 0 aromatic heterocycles. The summed E-state index contributed by atoms with van der Waals surface area (Å²) < 4.78 is 4.58. The van der Waals surface area contributed by atoms with E-state index < -0.39 is 6.26 Å². The SMILES string of the molecule is CP(=S)(CCCN)OCl. The van der Waals surface area contributed by atoms with E-state index in [0.29, 0.717) is 6.54 Å². The number of hydrogen-bond acceptors (Lipinski definition) is 3. The Bertz CT molecular complexity index is 121. The van der Waals surface area contributed by atoms with Crippen LogP contribution in [-0.4, -0.2) is 19.4 Å². The first-order valence-corrected chi connectivity index (χ1v) is 6.35. The molecular formula is C4H11ClNOPS. The Kier molecular flexibility index (Phi) is 5.08. The van der Waals surface area contributed by atoms with E-state index in [1.807, 2.05) is 6.66 Å². The number of nitrogens with two attached hydrogens (primary N) is 1. The molecule has 0 saturated carbocycles. The maximum absolute atomic E-state index is 5.26. The van der Waals surface area contributed by atoms with Gasteiger partial charge in [0.25, 0.3) is 0 Å². The van der Waals surface area contributed by atoms with Crippen LogP contribution < -0.4 is 5.73 Å². The quantitative estimate of drug-likeness (QED) is 0.678. The molecule has 0 aliphatic rings. The van der Waals surface area contributed by atoms with Gasteiger partial charge in [-0.25, -0.2) is 4.08 Å². The van der Waals surface area contributed by atoms with E-state index in [1.54, 1.807) is 0 Å². The molecule has 0 rings (SSSR count). The third-order valence-electron chi connectivity index (χ3n) is 0.914. The average Bonchev–Trinajstić information content (AvgIpc) is 1.84. The maximum Gasteiger partial charge on any atom is 0.0879 e. The molecule has 1 unspecified atom stereocenters. The van der Waals surface area contributed by atoms with E-state index in [1.165, 1.54) is 0 Å². The summed E-state index contributed by atoms with van der Waals surface area (Å²) in [5.41, 5.74) is 5.26. The molecule has 0 spiro atoms. The van der Waals surface area contributed by atoms with Crippen LogP contribution in [0.3, 0.4) is 0 Å². The van der Waals surface area contributed by atoms with Crippen molar-refractivity contribution in [3.05, 3.63) is 0 Å². The van der Waals surface area contributed by atoms with Gasteiger partial charge in [0, 0.05) is 6.16 Å². The van der Waals surface area contributed by atoms with Gasteiger partial charge in [0.1, 0.15) is 0 Å². The molecule has 0 aliphatic heterocycles. The van der Waals surface area contributed by atoms with Crippen LogP contribution in [-0.2, 0) is 15.9 Å². The normalized spacial score (nSPS) is 17.2. The third-order valence-corrected chi connectivity index (χ3v) is 4.27. The predicted molar refractivity (Wildman–Crippen MR) is 45.7 cm³/mol. The van der Waals surface area contributed by atoms with Gasteiger partial charge in [-0.3, -0.25) is 0 Å². The molecule has 0 aromatic rings. The molecule has 56 valence electrons. The van der Waals surface area contributed by atoms with Crippen LogP contribution in [0, 0.1) is 0 Å². The molecule has 2 nitrogen and oxygen atoms in total. The first kappa shape index (κ1) is 9.86. The minimum Gasteiger partial charge on any atom is -0.330 e. The van der Waals surface area contributed by atoms with E-state index in [0.717, 1.165) is 12.6 Å². The molecule has 2 N–H and O–H groups in total. The van der Waals surface area contributed by atoms with Gasteiger partial charge in [-0.15, -0.1) is 0 Å². The first-order chi connectivity index (χ1) is 4.12. The molecule has 0 aliphatic carbocycles. The van der Waals surface area contributed by atoms with Crippen molar-refractivity contribution in [1.82, 2.24) is 0 Å². The Morgan fingerprint density at radius 1 is 1.78 bits per heavy atom. The Balaban J connectivity index is 3.46. The van der Waals surface area contributed by atoms with Crippen LogP contribution in [0.15, 0.2) is 0 Å². The lowest BCUT2D eigenvalue weighted by Crippen LogP contribution is -2.01. The number of rotatable bonds is 4. The first-order valence-electron chi connectivity index (χ1n) is 2.69. The number of hydrogen-bond donors (Lipinski definition) is 1. The van der Waals surface area contributed by atoms with Crippen molar-refractivity contribution in [1.29, 1.82) is 0 Å². The predicted octanol–water partition coefficient (Wildman–Crippen LogP) is 1.53. The highest BCUT2D eigenvalue weighted by molar-refractivity contribution is 8.12. The fourth-order valence-electron chi connectivity index (χ4n) is 0.413. The fraction of sp³-hybridized carbons (Fsp3) is 1.00. The zero-order valence-electron chi connectivity index (χ0n) is 5.34. The lowest BCUT2D eigenvalue weighted by molar-refractivity contribution is 0.685. The largest absolute Gasteiger partial charge is 0.330 e. The second-order valence-electron chi connectivity index (χ2n) is 1.95. The molecule has 0 bridgehead atoms. The molecule has 0 radical (unpaired) electrons. The van der Waals surface area contributed by atoms with Crippen molar-refractivity contribution in [2.75, 3.05) is 19.4 Å². The van der Waals surface area contributed by atoms with Crippen molar-refractivity contribution in [3.63, 3.8) is 0 Å². The maximum atomic E-state index is 5.26. The van der Waals surface area contributed by atoms with E-state index in [4.69, 9.17) is 29.4 Å². The highest BCUT2D eigenvalue weighted by Gasteiger charge is 2.07. The molecule has 5 heteroatoms. The average molecular weight is 188 g/mol. The zero-order chi connectivity index (χ0) is 7.33. The summed E-state index contributed by atoms with van der Waals surface area (Å²) in [5, 5.41) is 0. The topological polar surface area (TPSA) is 35.2 Å². The molecular weight excluding hydrogens is 177 g/mol. The van der Waals surface area contributed by atoms with Crippen LogP contribution in [0.1, 0.15) is 6.42 Å². The fourth-order valence-corrected chi connectivity index (χ4v) is 1.83. The monoisotopic (exact) mass is 187 g/mol. The van der Waals surface area contributed by atoms with Gasteiger partial charge in [0.2, 0.25) is 0 Å². The lowest BCUT2D eigenvalue weighted by atomic mass is 10.5. The van der Waals surface area contributed by atoms with Crippen LogP contribution >= 0.6 is 18.1 Å². The summed E-state index contributed by atoms with van der Waals surface area (Å²) in [5.74, 6) is 0. The Morgan fingerprint density at radius 3 is 2.67 bits per heavy atom. The van der Waals surface area contributed by atoms with Crippen LogP contribution in [0.2, 0.25) is 0 Å². The summed E-state index contributed by atoms with van der Waals surface area (Å²) in [6.07, 6.45) is 0.0677. The van der Waals surface area contributed by atoms with Crippen LogP contribution in [0.25, 0.3) is 0 Å². The smallest absolute Gasteiger partial charge is 0.0879 e. The summed E-state index contributed by atoms with van der Waals surface area (Å²) in [6.45, 7) is 2.53. The van der Waals surface area contributed by atoms with Gasteiger partial charge >= 0.3 is 0 Å². The van der Waals surface area contributed by atoms with Crippen molar-refractivity contribution >= 4 is 29.9 Å². The number of halogens is 1. The van der Waals surface area contributed by atoms with Gasteiger partial charge in [-0.05, 0) is 19.6 Å². The minimum atomic E-state index is -1.67. The van der Waals surface area contributed by atoms with Gasteiger partial charge in [-0.2, -0.15) is 0 Å².